The van der Waals surface area contributed by atoms with Crippen LogP contribution in [0.15, 0.2) is 36.9 Å². The second-order valence-corrected chi connectivity index (χ2v) is 17.0. The largest absolute Gasteiger partial charge is 0.481 e. The summed E-state index contributed by atoms with van der Waals surface area (Å²) in [5.41, 5.74) is 1.23. The number of hydrogen-bond acceptors (Lipinski definition) is 12. The summed E-state index contributed by atoms with van der Waals surface area (Å²) < 4.78 is 4.85. The van der Waals surface area contributed by atoms with Gasteiger partial charge in [0.05, 0.1) is 6.04 Å². The van der Waals surface area contributed by atoms with Crippen molar-refractivity contribution in [1.29, 1.82) is 0 Å². The molecule has 0 radical (unpaired) electrons. The van der Waals surface area contributed by atoms with Crippen LogP contribution in [0.2, 0.25) is 0 Å². The van der Waals surface area contributed by atoms with Gasteiger partial charge in [-0.25, -0.2) is 0 Å². The zero-order chi connectivity index (χ0) is 49.8. The van der Waals surface area contributed by atoms with Gasteiger partial charge in [0.15, 0.2) is 0 Å². The molecule has 1 heterocycles. The lowest BCUT2D eigenvalue weighted by Crippen LogP contribution is -2.62. The summed E-state index contributed by atoms with van der Waals surface area (Å²) >= 11 is 0. The summed E-state index contributed by atoms with van der Waals surface area (Å²) in [4.78, 5) is 145. The second-order valence-electron chi connectivity index (χ2n) is 17.0. The summed E-state index contributed by atoms with van der Waals surface area (Å²) in [5, 5.41) is 33.7. The van der Waals surface area contributed by atoms with E-state index in [4.69, 9.17) is 9.84 Å². The Morgan fingerprint density at radius 3 is 1.99 bits per heavy atom. The first kappa shape index (κ1) is 54.7. The maximum atomic E-state index is 15.1. The van der Waals surface area contributed by atoms with Crippen molar-refractivity contribution in [3.63, 3.8) is 0 Å². The van der Waals surface area contributed by atoms with Gasteiger partial charge in [-0.05, 0) is 61.5 Å². The summed E-state index contributed by atoms with van der Waals surface area (Å²) in [5.74, 6) is -11.2. The van der Waals surface area contributed by atoms with Crippen LogP contribution in [0.5, 0.6) is 0 Å². The van der Waals surface area contributed by atoms with Crippen molar-refractivity contribution in [3.8, 4) is 0 Å². The van der Waals surface area contributed by atoms with E-state index in [9.17, 15) is 53.1 Å². The first-order chi connectivity index (χ1) is 31.8. The molecule has 0 saturated heterocycles. The number of carbonyl (C=O) groups excluding carboxylic acids is 9. The Bertz CT molecular complexity index is 2000. The first-order valence-corrected chi connectivity index (χ1v) is 22.7. The van der Waals surface area contributed by atoms with E-state index in [0.717, 1.165) is 31.7 Å². The lowest BCUT2D eigenvalue weighted by Gasteiger charge is -2.41. The van der Waals surface area contributed by atoms with E-state index in [-0.39, 0.29) is 26.0 Å². The Morgan fingerprint density at radius 1 is 0.791 bits per heavy atom. The molecule has 1 aromatic rings. The highest BCUT2D eigenvalue weighted by Gasteiger charge is 2.44. The number of ether oxygens (including phenoxy) is 1. The molecule has 21 nitrogen and oxygen atoms in total. The van der Waals surface area contributed by atoms with Gasteiger partial charge in [-0.15, -0.1) is 0 Å². The number of hydrogen-bond donors (Lipinski definition) is 8. The van der Waals surface area contributed by atoms with Crippen molar-refractivity contribution in [2.24, 2.45) is 11.8 Å². The number of amides is 7. The number of carbonyl (C=O) groups is 11. The molecule has 67 heavy (non-hydrogen) atoms. The number of ketones is 1. The standard InChI is InChI=1S/C46H65N7O14/c1-6-13-31(40(60)45(65)47-25-36(59)67-24-7-2)49-44(64)39-30-17-12-11-14-28(30)22-23-53(39)46(66)38(29-15-9-8-10-16-29)52-43(63)37(26(3)4)51-42(62)33(19-21-35(57)58)50-41(61)32(48-27(5)54)18-20-34(55)56/h7,11-12,14,17,26,29,31-33,37-39H,2,6,8-10,13,15-16,18-25H2,1,3-5H3,(H,47,65)(H,48,54)(H,49,64)(H,50,61)(H,51,62)(H,52,63)(H,55,56)(H,57,58)/t31?,32-,33-,37-,38-,39-/m0/s1. The summed E-state index contributed by atoms with van der Waals surface area (Å²) in [6, 6.07) is -1.15. The lowest BCUT2D eigenvalue weighted by molar-refractivity contribution is -0.147. The van der Waals surface area contributed by atoms with Gasteiger partial charge in [-0.2, -0.15) is 0 Å². The van der Waals surface area contributed by atoms with Crippen LogP contribution >= 0.6 is 0 Å². The molecule has 1 aromatic carbocycles. The normalized spacial score (nSPS) is 16.9. The summed E-state index contributed by atoms with van der Waals surface area (Å²) in [6.07, 6.45) is 3.68. The Kier molecular flexibility index (Phi) is 22.1. The number of carboxylic acid groups (broad SMARTS) is 2. The van der Waals surface area contributed by atoms with Gasteiger partial charge in [0.1, 0.15) is 43.4 Å². The summed E-state index contributed by atoms with van der Waals surface area (Å²) in [6.45, 7) is 8.87. The van der Waals surface area contributed by atoms with E-state index < -0.39 is 139 Å². The molecule has 0 bridgehead atoms. The number of benzene rings is 1. The number of Topliss-reactive ketones (excluding diaryl/α,β-unsaturated/α-hetero) is 1. The molecule has 1 unspecified atom stereocenters. The minimum absolute atomic E-state index is 0.0357. The number of carboxylic acids is 2. The van der Waals surface area contributed by atoms with E-state index in [2.05, 4.69) is 38.5 Å². The molecular formula is C46H65N7O14. The molecule has 8 N–H and O–H groups in total. The van der Waals surface area contributed by atoms with E-state index in [1.165, 1.54) is 11.0 Å². The number of fused-ring (bicyclic) bond motifs is 1. The van der Waals surface area contributed by atoms with Gasteiger partial charge < -0.3 is 51.8 Å². The van der Waals surface area contributed by atoms with Gasteiger partial charge >= 0.3 is 17.9 Å². The van der Waals surface area contributed by atoms with Crippen LogP contribution in [0, 0.1) is 11.8 Å². The number of aliphatic carboxylic acids is 2. The Hall–Kier alpha value is -6.67. The monoisotopic (exact) mass is 939 g/mol. The van der Waals surface area contributed by atoms with Crippen LogP contribution in [0.4, 0.5) is 0 Å². The third-order valence-electron chi connectivity index (χ3n) is 11.6. The van der Waals surface area contributed by atoms with Crippen molar-refractivity contribution < 1.29 is 67.7 Å². The molecule has 1 saturated carbocycles. The van der Waals surface area contributed by atoms with Crippen molar-refractivity contribution >= 4 is 65.0 Å². The molecule has 368 valence electrons. The quantitative estimate of drug-likeness (QED) is 0.0361. The maximum absolute atomic E-state index is 15.1. The highest BCUT2D eigenvalue weighted by Crippen LogP contribution is 2.34. The van der Waals surface area contributed by atoms with Crippen LogP contribution in [0.3, 0.4) is 0 Å². The third-order valence-corrected chi connectivity index (χ3v) is 11.6. The highest BCUT2D eigenvalue weighted by molar-refractivity contribution is 6.38. The molecular weight excluding hydrogens is 875 g/mol. The molecule has 0 aromatic heterocycles. The number of esters is 1. The molecule has 2 aliphatic rings. The zero-order valence-electron chi connectivity index (χ0n) is 38.6. The van der Waals surface area contributed by atoms with Crippen molar-refractivity contribution in [3.05, 3.63) is 48.0 Å². The van der Waals surface area contributed by atoms with Gasteiger partial charge in [-0.3, -0.25) is 52.7 Å². The molecule has 6 atom stereocenters. The predicted molar refractivity (Wildman–Crippen MR) is 239 cm³/mol. The van der Waals surface area contributed by atoms with Crippen LogP contribution in [-0.4, -0.2) is 130 Å². The molecule has 1 fully saturated rings. The molecule has 7 amide bonds. The molecule has 0 spiro atoms. The Morgan fingerprint density at radius 2 is 1.40 bits per heavy atom. The smallest absolute Gasteiger partial charge is 0.325 e. The van der Waals surface area contributed by atoms with E-state index >= 15 is 4.79 Å². The van der Waals surface area contributed by atoms with Crippen LogP contribution in [0.25, 0.3) is 0 Å². The zero-order valence-corrected chi connectivity index (χ0v) is 38.6. The van der Waals surface area contributed by atoms with Crippen molar-refractivity contribution in [2.75, 3.05) is 19.7 Å². The minimum atomic E-state index is -1.55. The second kappa shape index (κ2) is 27.1. The van der Waals surface area contributed by atoms with Gasteiger partial charge in [0.25, 0.3) is 5.91 Å². The van der Waals surface area contributed by atoms with Crippen LogP contribution in [-0.2, 0) is 63.9 Å². The number of nitrogens with zero attached hydrogens (tertiary/aromatic N) is 1. The summed E-state index contributed by atoms with van der Waals surface area (Å²) in [7, 11) is 0. The van der Waals surface area contributed by atoms with Crippen molar-refractivity contribution in [2.45, 2.75) is 141 Å². The predicted octanol–water partition coefficient (Wildman–Crippen LogP) is 0.737. The maximum Gasteiger partial charge on any atom is 0.325 e. The average molecular weight is 940 g/mol. The van der Waals surface area contributed by atoms with E-state index in [0.29, 0.717) is 31.2 Å². The topological polar surface area (TPSA) is 313 Å². The van der Waals surface area contributed by atoms with Gasteiger partial charge in [0, 0.05) is 26.3 Å². The average Bonchev–Trinajstić information content (AvgIpc) is 3.29. The molecule has 1 aliphatic heterocycles. The highest BCUT2D eigenvalue weighted by atomic mass is 16.5. The van der Waals surface area contributed by atoms with Gasteiger partial charge in [0.2, 0.25) is 41.2 Å². The Labute approximate surface area is 389 Å². The van der Waals surface area contributed by atoms with E-state index in [1.54, 1.807) is 39.0 Å². The SMILES string of the molecule is C=CCOC(=O)CNC(=O)C(=O)C(CCC)NC(=O)[C@@H]1c2ccccc2CCN1C(=O)[C@@H](NC(=O)[C@@H](NC(=O)[C@H](CCC(=O)O)NC(=O)[C@H](CCC(=O)O)NC(C)=O)C(C)C)C1CCCCC1. The van der Waals surface area contributed by atoms with Crippen LogP contribution < -0.4 is 31.9 Å². The first-order valence-electron chi connectivity index (χ1n) is 22.7. The molecule has 21 heteroatoms. The molecule has 1 aliphatic carbocycles. The van der Waals surface area contributed by atoms with Crippen molar-refractivity contribution in [1.82, 2.24) is 36.8 Å². The number of rotatable bonds is 26. The number of nitrogens with one attached hydrogen (secondary N) is 6. The Balaban J connectivity index is 1.94. The fraction of sp³-hybridized carbons (Fsp3) is 0.587. The minimum Gasteiger partial charge on any atom is -0.481 e. The third kappa shape index (κ3) is 16.9. The lowest BCUT2D eigenvalue weighted by atomic mass is 9.82. The van der Waals surface area contributed by atoms with Gasteiger partial charge in [-0.1, -0.05) is 83.4 Å². The fourth-order valence-corrected chi connectivity index (χ4v) is 8.15. The van der Waals surface area contributed by atoms with E-state index in [1.807, 2.05) is 6.07 Å². The molecule has 3 rings (SSSR count). The van der Waals surface area contributed by atoms with Crippen LogP contribution in [0.1, 0.15) is 115 Å². The fourth-order valence-electron chi connectivity index (χ4n) is 8.15.